The van der Waals surface area contributed by atoms with Gasteiger partial charge in [-0.05, 0) is 51.9 Å². The summed E-state index contributed by atoms with van der Waals surface area (Å²) in [5.41, 5.74) is 1.01. The van der Waals surface area contributed by atoms with E-state index in [-0.39, 0.29) is 31.3 Å². The Kier molecular flexibility index (Phi) is 8.35. The molecule has 2 amide bonds. The molecule has 1 aliphatic carbocycles. The van der Waals surface area contributed by atoms with Crippen LogP contribution in [0.4, 0.5) is 9.93 Å². The smallest absolute Gasteiger partial charge is 0.329 e. The van der Waals surface area contributed by atoms with Crippen molar-refractivity contribution in [1.82, 2.24) is 9.88 Å². The van der Waals surface area contributed by atoms with E-state index < -0.39 is 0 Å². The van der Waals surface area contributed by atoms with Gasteiger partial charge in [0.1, 0.15) is 13.5 Å². The number of unbranched alkanes of at least 4 members (excludes halogenated alkanes) is 2. The number of rotatable bonds is 7. The Balaban J connectivity index is 1.89. The predicted octanol–water partition coefficient (Wildman–Crippen LogP) is 5.04. The molecule has 1 aromatic heterocycles. The first-order chi connectivity index (χ1) is 15.1. The highest BCUT2D eigenvalue weighted by atomic mass is 32.1. The van der Waals surface area contributed by atoms with E-state index in [9.17, 15) is 10.1 Å². The molecular formula is C24H30N4O2S. The zero-order valence-corrected chi connectivity index (χ0v) is 19.4. The maximum atomic E-state index is 12.6. The van der Waals surface area contributed by atoms with Crippen LogP contribution in [-0.2, 0) is 4.74 Å². The number of anilines is 1. The number of carbonyl (C=O) groups is 1. The van der Waals surface area contributed by atoms with Gasteiger partial charge < -0.3 is 9.64 Å². The van der Waals surface area contributed by atoms with Gasteiger partial charge in [0.15, 0.2) is 5.13 Å². The van der Waals surface area contributed by atoms with Gasteiger partial charge in [-0.2, -0.15) is 5.26 Å². The largest absolute Gasteiger partial charge is 0.340 e. The SMILES string of the molecule is CC#CCCCC1CC(C#N)c2sc(N3COCN(C)C3=O)nc2C1CCCC#CC. The highest BCUT2D eigenvalue weighted by Crippen LogP contribution is 2.50. The summed E-state index contributed by atoms with van der Waals surface area (Å²) < 4.78 is 5.52. The van der Waals surface area contributed by atoms with Gasteiger partial charge in [0.25, 0.3) is 0 Å². The van der Waals surface area contributed by atoms with Gasteiger partial charge in [-0.1, -0.05) is 11.3 Å². The molecule has 2 heterocycles. The summed E-state index contributed by atoms with van der Waals surface area (Å²) in [6.45, 7) is 4.22. The third-order valence-corrected chi connectivity index (χ3v) is 7.15. The monoisotopic (exact) mass is 438 g/mol. The average molecular weight is 439 g/mol. The summed E-state index contributed by atoms with van der Waals surface area (Å²) in [5.74, 6) is 12.8. The summed E-state index contributed by atoms with van der Waals surface area (Å²) in [7, 11) is 1.72. The standard InChI is InChI=1S/C24H30N4O2S/c1-4-6-8-10-12-18-14-19(15-25)22-21(20(18)13-11-9-7-5-2)26-23(31-22)28-17-30-16-27(3)24(28)29/h18-20H,8-14,16-17H2,1-3H3. The van der Waals surface area contributed by atoms with Crippen molar-refractivity contribution < 1.29 is 9.53 Å². The van der Waals surface area contributed by atoms with Crippen molar-refractivity contribution in [2.24, 2.45) is 5.92 Å². The van der Waals surface area contributed by atoms with Crippen molar-refractivity contribution in [2.75, 3.05) is 25.4 Å². The Morgan fingerprint density at radius 1 is 1.16 bits per heavy atom. The maximum absolute atomic E-state index is 12.6. The molecule has 164 valence electrons. The fourth-order valence-electron chi connectivity index (χ4n) is 4.40. The molecule has 3 unspecified atom stereocenters. The van der Waals surface area contributed by atoms with Crippen LogP contribution >= 0.6 is 11.3 Å². The first-order valence-corrected chi connectivity index (χ1v) is 11.7. The molecule has 6 nitrogen and oxygen atoms in total. The number of nitriles is 1. The van der Waals surface area contributed by atoms with E-state index in [2.05, 4.69) is 29.8 Å². The zero-order valence-electron chi connectivity index (χ0n) is 18.6. The summed E-state index contributed by atoms with van der Waals surface area (Å²) in [5, 5.41) is 10.5. The molecule has 3 rings (SSSR count). The van der Waals surface area contributed by atoms with Crippen LogP contribution in [0.1, 0.15) is 81.2 Å². The molecule has 1 fully saturated rings. The molecule has 2 aliphatic rings. The second kappa shape index (κ2) is 11.2. The second-order valence-corrected chi connectivity index (χ2v) is 9.05. The highest BCUT2D eigenvalue weighted by Gasteiger charge is 2.39. The molecule has 0 spiro atoms. The topological polar surface area (TPSA) is 69.5 Å². The Hall–Kier alpha value is -2.53. The number of thiazole rings is 1. The van der Waals surface area contributed by atoms with E-state index in [1.165, 1.54) is 16.2 Å². The van der Waals surface area contributed by atoms with Crippen molar-refractivity contribution in [3.8, 4) is 29.8 Å². The number of hydrogen-bond donors (Lipinski definition) is 0. The van der Waals surface area contributed by atoms with Crippen molar-refractivity contribution in [2.45, 2.75) is 70.6 Å². The van der Waals surface area contributed by atoms with E-state index in [0.29, 0.717) is 11.0 Å². The predicted molar refractivity (Wildman–Crippen MR) is 122 cm³/mol. The first kappa shape index (κ1) is 23.1. The van der Waals surface area contributed by atoms with Crippen LogP contribution in [0.5, 0.6) is 0 Å². The molecule has 1 aromatic rings. The fourth-order valence-corrected chi connectivity index (χ4v) is 5.57. The number of nitrogens with zero attached hydrogens (tertiary/aromatic N) is 4. The Morgan fingerprint density at radius 2 is 1.87 bits per heavy atom. The number of fused-ring (bicyclic) bond motifs is 1. The molecule has 0 saturated carbocycles. The average Bonchev–Trinajstić information content (AvgIpc) is 3.21. The summed E-state index contributed by atoms with van der Waals surface area (Å²) >= 11 is 1.48. The number of hydrogen-bond acceptors (Lipinski definition) is 5. The van der Waals surface area contributed by atoms with E-state index in [0.717, 1.165) is 55.5 Å². The maximum Gasteiger partial charge on any atom is 0.329 e. The third-order valence-electron chi connectivity index (χ3n) is 5.94. The van der Waals surface area contributed by atoms with Crippen LogP contribution < -0.4 is 4.90 Å². The third kappa shape index (κ3) is 5.40. The summed E-state index contributed by atoms with van der Waals surface area (Å²) in [4.78, 5) is 21.7. The van der Waals surface area contributed by atoms with Gasteiger partial charge in [-0.3, -0.25) is 0 Å². The minimum absolute atomic E-state index is 0.115. The number of urea groups is 1. The first-order valence-electron chi connectivity index (χ1n) is 10.9. The number of aromatic nitrogens is 1. The lowest BCUT2D eigenvalue weighted by Gasteiger charge is -2.33. The van der Waals surface area contributed by atoms with Gasteiger partial charge >= 0.3 is 6.03 Å². The van der Waals surface area contributed by atoms with E-state index in [1.54, 1.807) is 11.9 Å². The number of ether oxygens (including phenoxy) is 1. The summed E-state index contributed by atoms with van der Waals surface area (Å²) in [6.07, 6.45) is 6.69. The van der Waals surface area contributed by atoms with Crippen LogP contribution in [0, 0.1) is 40.9 Å². The Bertz CT molecular complexity index is 943. The van der Waals surface area contributed by atoms with E-state index in [4.69, 9.17) is 9.72 Å². The fraction of sp³-hybridized carbons (Fsp3) is 0.625. The molecule has 1 saturated heterocycles. The number of carbonyl (C=O) groups excluding carboxylic acids is 1. The lowest BCUT2D eigenvalue weighted by molar-refractivity contribution is 0.0361. The minimum atomic E-state index is -0.172. The van der Waals surface area contributed by atoms with Crippen LogP contribution in [0.2, 0.25) is 0 Å². The van der Waals surface area contributed by atoms with Gasteiger partial charge in [-0.15, -0.1) is 23.7 Å². The molecule has 0 N–H and O–H groups in total. The Morgan fingerprint density at radius 3 is 2.55 bits per heavy atom. The van der Waals surface area contributed by atoms with Crippen LogP contribution in [0.15, 0.2) is 0 Å². The number of amides is 2. The molecule has 31 heavy (non-hydrogen) atoms. The normalized spacial score (nSPS) is 22.6. The molecule has 0 aromatic carbocycles. The Labute approximate surface area is 189 Å². The zero-order chi connectivity index (χ0) is 22.2. The van der Waals surface area contributed by atoms with E-state index in [1.807, 2.05) is 13.8 Å². The van der Waals surface area contributed by atoms with Crippen LogP contribution in [0.25, 0.3) is 0 Å². The van der Waals surface area contributed by atoms with Crippen LogP contribution in [0.3, 0.4) is 0 Å². The lowest BCUT2D eigenvalue weighted by Crippen LogP contribution is -2.48. The second-order valence-electron chi connectivity index (χ2n) is 8.04. The highest BCUT2D eigenvalue weighted by molar-refractivity contribution is 7.16. The van der Waals surface area contributed by atoms with Crippen molar-refractivity contribution >= 4 is 22.5 Å². The van der Waals surface area contributed by atoms with Crippen molar-refractivity contribution in [3.63, 3.8) is 0 Å². The van der Waals surface area contributed by atoms with Crippen molar-refractivity contribution in [1.29, 1.82) is 5.26 Å². The van der Waals surface area contributed by atoms with Crippen molar-refractivity contribution in [3.05, 3.63) is 10.6 Å². The molecule has 0 radical (unpaired) electrons. The molecule has 7 heteroatoms. The molecule has 0 bridgehead atoms. The molecule has 3 atom stereocenters. The van der Waals surface area contributed by atoms with E-state index >= 15 is 0 Å². The van der Waals surface area contributed by atoms with Gasteiger partial charge in [0.2, 0.25) is 0 Å². The van der Waals surface area contributed by atoms with Gasteiger partial charge in [0, 0.05) is 30.7 Å². The van der Waals surface area contributed by atoms with Gasteiger partial charge in [0.05, 0.1) is 17.7 Å². The molecular weight excluding hydrogens is 408 g/mol. The molecule has 1 aliphatic heterocycles. The lowest BCUT2D eigenvalue weighted by atomic mass is 9.72. The van der Waals surface area contributed by atoms with Gasteiger partial charge in [-0.25, -0.2) is 14.7 Å². The van der Waals surface area contributed by atoms with Crippen LogP contribution in [-0.4, -0.2) is 36.4 Å². The summed E-state index contributed by atoms with van der Waals surface area (Å²) in [6, 6.07) is 2.38. The quantitative estimate of drug-likeness (QED) is 0.441. The minimum Gasteiger partial charge on any atom is -0.340 e.